The monoisotopic (exact) mass is 230 g/mol. The molecule has 0 radical (unpaired) electrons. The van der Waals surface area contributed by atoms with Crippen LogP contribution >= 0.6 is 0 Å². The molecule has 0 aliphatic rings. The number of carbonyl (C=O) groups excluding carboxylic acids is 1. The van der Waals surface area contributed by atoms with Crippen LogP contribution in [-0.2, 0) is 9.53 Å². The van der Waals surface area contributed by atoms with Crippen molar-refractivity contribution in [3.05, 3.63) is 0 Å². The molecule has 0 bridgehead atoms. The number of likely N-dealkylation sites (N-methyl/N-ethyl adjacent to an activating group) is 2. The first-order valence-corrected chi connectivity index (χ1v) is 5.95. The Morgan fingerprint density at radius 1 is 1.25 bits per heavy atom. The van der Waals surface area contributed by atoms with Crippen LogP contribution in [-0.4, -0.2) is 63.2 Å². The van der Waals surface area contributed by atoms with Crippen molar-refractivity contribution in [1.29, 1.82) is 0 Å². The Morgan fingerprint density at radius 2 is 1.88 bits per heavy atom. The fourth-order valence-electron chi connectivity index (χ4n) is 1.57. The predicted molar refractivity (Wildman–Crippen MR) is 66.5 cm³/mol. The highest BCUT2D eigenvalue weighted by atomic mass is 16.5. The molecule has 0 aromatic heterocycles. The van der Waals surface area contributed by atoms with E-state index in [4.69, 9.17) is 4.74 Å². The van der Waals surface area contributed by atoms with E-state index >= 15 is 0 Å². The average Bonchev–Trinajstić information content (AvgIpc) is 2.26. The summed E-state index contributed by atoms with van der Waals surface area (Å²) in [7, 11) is 7.52. The molecule has 0 spiro atoms. The quantitative estimate of drug-likeness (QED) is 0.587. The van der Waals surface area contributed by atoms with Gasteiger partial charge in [0, 0.05) is 13.1 Å². The number of carbonyl (C=O) groups is 1. The van der Waals surface area contributed by atoms with Gasteiger partial charge in [0.1, 0.15) is 6.04 Å². The van der Waals surface area contributed by atoms with Gasteiger partial charge < -0.3 is 9.64 Å². The van der Waals surface area contributed by atoms with Crippen LogP contribution in [0.25, 0.3) is 0 Å². The SMILES string of the molecule is CCCCC(C(=O)OC)N(C)CCN(C)C. The minimum atomic E-state index is -0.116. The van der Waals surface area contributed by atoms with Crippen molar-refractivity contribution in [2.45, 2.75) is 32.2 Å². The summed E-state index contributed by atoms with van der Waals surface area (Å²) in [4.78, 5) is 15.8. The number of unbranched alkanes of at least 4 members (excludes halogenated alkanes) is 1. The van der Waals surface area contributed by atoms with Gasteiger partial charge in [-0.3, -0.25) is 9.69 Å². The minimum absolute atomic E-state index is 0.0927. The van der Waals surface area contributed by atoms with Crippen LogP contribution in [0.15, 0.2) is 0 Å². The van der Waals surface area contributed by atoms with Crippen LogP contribution in [0.4, 0.5) is 0 Å². The molecule has 16 heavy (non-hydrogen) atoms. The maximum Gasteiger partial charge on any atom is 0.323 e. The maximum absolute atomic E-state index is 11.6. The van der Waals surface area contributed by atoms with Gasteiger partial charge in [-0.1, -0.05) is 19.8 Å². The third-order valence-electron chi connectivity index (χ3n) is 2.74. The first-order valence-electron chi connectivity index (χ1n) is 5.95. The van der Waals surface area contributed by atoms with Crippen molar-refractivity contribution >= 4 is 5.97 Å². The fourth-order valence-corrected chi connectivity index (χ4v) is 1.57. The largest absolute Gasteiger partial charge is 0.468 e. The van der Waals surface area contributed by atoms with E-state index in [0.717, 1.165) is 32.4 Å². The van der Waals surface area contributed by atoms with Crippen LogP contribution in [0.2, 0.25) is 0 Å². The smallest absolute Gasteiger partial charge is 0.323 e. The second-order valence-electron chi connectivity index (χ2n) is 4.47. The van der Waals surface area contributed by atoms with Crippen LogP contribution in [0, 0.1) is 0 Å². The molecule has 0 aromatic rings. The van der Waals surface area contributed by atoms with Crippen LogP contribution in [0.1, 0.15) is 26.2 Å². The van der Waals surface area contributed by atoms with E-state index in [1.807, 2.05) is 21.1 Å². The summed E-state index contributed by atoms with van der Waals surface area (Å²) in [6.07, 6.45) is 3.05. The first-order chi connectivity index (χ1) is 7.52. The molecule has 0 amide bonds. The number of methoxy groups -OCH3 is 1. The van der Waals surface area contributed by atoms with Gasteiger partial charge in [-0.15, -0.1) is 0 Å². The van der Waals surface area contributed by atoms with Crippen molar-refractivity contribution < 1.29 is 9.53 Å². The van der Waals surface area contributed by atoms with E-state index in [-0.39, 0.29) is 12.0 Å². The van der Waals surface area contributed by atoms with E-state index in [1.54, 1.807) is 0 Å². The molecule has 96 valence electrons. The summed E-state index contributed by atoms with van der Waals surface area (Å²) in [6, 6.07) is -0.0927. The van der Waals surface area contributed by atoms with Crippen molar-refractivity contribution in [2.75, 3.05) is 41.3 Å². The molecule has 0 rings (SSSR count). The number of hydrogen-bond acceptors (Lipinski definition) is 4. The molecule has 0 saturated carbocycles. The van der Waals surface area contributed by atoms with Crippen LogP contribution < -0.4 is 0 Å². The summed E-state index contributed by atoms with van der Waals surface area (Å²) in [6.45, 7) is 3.97. The molecule has 0 heterocycles. The van der Waals surface area contributed by atoms with E-state index in [9.17, 15) is 4.79 Å². The Labute approximate surface area is 99.5 Å². The third-order valence-corrected chi connectivity index (χ3v) is 2.74. The predicted octanol–water partition coefficient (Wildman–Crippen LogP) is 1.21. The average molecular weight is 230 g/mol. The highest BCUT2D eigenvalue weighted by Gasteiger charge is 2.22. The normalized spacial score (nSPS) is 13.2. The molecule has 4 heteroatoms. The lowest BCUT2D eigenvalue weighted by atomic mass is 10.1. The van der Waals surface area contributed by atoms with Gasteiger partial charge in [0.2, 0.25) is 0 Å². The zero-order chi connectivity index (χ0) is 12.6. The van der Waals surface area contributed by atoms with Gasteiger partial charge in [0.05, 0.1) is 7.11 Å². The Balaban J connectivity index is 4.20. The Morgan fingerprint density at radius 3 is 2.31 bits per heavy atom. The lowest BCUT2D eigenvalue weighted by Crippen LogP contribution is -2.42. The fraction of sp³-hybridized carbons (Fsp3) is 0.917. The Kier molecular flexibility index (Phi) is 8.21. The molecular formula is C12H26N2O2. The molecule has 0 aromatic carbocycles. The molecule has 0 saturated heterocycles. The Hall–Kier alpha value is -0.610. The van der Waals surface area contributed by atoms with Gasteiger partial charge in [-0.25, -0.2) is 0 Å². The standard InChI is InChI=1S/C12H26N2O2/c1-6-7-8-11(12(15)16-5)14(4)10-9-13(2)3/h11H,6-10H2,1-5H3. The second kappa shape index (κ2) is 8.53. The highest BCUT2D eigenvalue weighted by Crippen LogP contribution is 2.08. The second-order valence-corrected chi connectivity index (χ2v) is 4.47. The first kappa shape index (κ1) is 15.4. The molecule has 0 fully saturated rings. The lowest BCUT2D eigenvalue weighted by molar-refractivity contribution is -0.146. The third kappa shape index (κ3) is 6.08. The number of nitrogens with zero attached hydrogens (tertiary/aromatic N) is 2. The van der Waals surface area contributed by atoms with Crippen molar-refractivity contribution in [3.63, 3.8) is 0 Å². The number of ether oxygens (including phenoxy) is 1. The summed E-state index contributed by atoms with van der Waals surface area (Å²) in [5.74, 6) is -0.116. The molecular weight excluding hydrogens is 204 g/mol. The summed E-state index contributed by atoms with van der Waals surface area (Å²) in [5, 5.41) is 0. The topological polar surface area (TPSA) is 32.8 Å². The summed E-state index contributed by atoms with van der Waals surface area (Å²) < 4.78 is 4.84. The van der Waals surface area contributed by atoms with E-state index < -0.39 is 0 Å². The summed E-state index contributed by atoms with van der Waals surface area (Å²) >= 11 is 0. The minimum Gasteiger partial charge on any atom is -0.468 e. The lowest BCUT2D eigenvalue weighted by Gasteiger charge is -2.26. The molecule has 1 atom stereocenters. The molecule has 0 aliphatic carbocycles. The maximum atomic E-state index is 11.6. The van der Waals surface area contributed by atoms with E-state index in [1.165, 1.54) is 7.11 Å². The van der Waals surface area contributed by atoms with E-state index in [0.29, 0.717) is 0 Å². The van der Waals surface area contributed by atoms with Gasteiger partial charge in [0.15, 0.2) is 0 Å². The van der Waals surface area contributed by atoms with Crippen molar-refractivity contribution in [2.24, 2.45) is 0 Å². The van der Waals surface area contributed by atoms with Crippen LogP contribution in [0.5, 0.6) is 0 Å². The zero-order valence-corrected chi connectivity index (χ0v) is 11.3. The zero-order valence-electron chi connectivity index (χ0n) is 11.3. The molecule has 0 aliphatic heterocycles. The molecule has 0 N–H and O–H groups in total. The number of rotatable bonds is 8. The van der Waals surface area contributed by atoms with Gasteiger partial charge in [-0.2, -0.15) is 0 Å². The van der Waals surface area contributed by atoms with Gasteiger partial charge in [0.25, 0.3) is 0 Å². The van der Waals surface area contributed by atoms with Gasteiger partial charge >= 0.3 is 5.97 Å². The molecule has 4 nitrogen and oxygen atoms in total. The van der Waals surface area contributed by atoms with Crippen molar-refractivity contribution in [1.82, 2.24) is 9.80 Å². The number of esters is 1. The van der Waals surface area contributed by atoms with Crippen LogP contribution in [0.3, 0.4) is 0 Å². The molecule has 1 unspecified atom stereocenters. The van der Waals surface area contributed by atoms with E-state index in [2.05, 4.69) is 16.7 Å². The van der Waals surface area contributed by atoms with Crippen molar-refractivity contribution in [3.8, 4) is 0 Å². The Bertz CT molecular complexity index is 195. The number of hydrogen-bond donors (Lipinski definition) is 0. The summed E-state index contributed by atoms with van der Waals surface area (Å²) in [5.41, 5.74) is 0. The van der Waals surface area contributed by atoms with Gasteiger partial charge in [-0.05, 0) is 27.6 Å². The highest BCUT2D eigenvalue weighted by molar-refractivity contribution is 5.75.